The van der Waals surface area contributed by atoms with E-state index in [1.54, 1.807) is 18.4 Å². The molecule has 1 aromatic heterocycles. The zero-order chi connectivity index (χ0) is 13.6. The van der Waals surface area contributed by atoms with Gasteiger partial charge in [0.1, 0.15) is 10.8 Å². The maximum Gasteiger partial charge on any atom is 0.119 e. The van der Waals surface area contributed by atoms with E-state index in [0.717, 1.165) is 29.3 Å². The van der Waals surface area contributed by atoms with Crippen molar-refractivity contribution < 1.29 is 4.74 Å². The van der Waals surface area contributed by atoms with Gasteiger partial charge in [0.15, 0.2) is 0 Å². The first-order valence-electron chi connectivity index (χ1n) is 6.45. The third-order valence-electron chi connectivity index (χ3n) is 3.44. The third kappa shape index (κ3) is 2.15. The average Bonchev–Trinajstić information content (AvgIpc) is 2.82. The molecule has 0 aliphatic heterocycles. The lowest BCUT2D eigenvalue weighted by Gasteiger charge is -2.15. The number of nitrogens with zero attached hydrogens (tertiary/aromatic N) is 1. The molecule has 0 saturated heterocycles. The standard InChI is InChI=1S/C15H18N2OS/c1-15(2,16)14-17-13-11-6-5-10(18-3)8-9(11)4-7-12(13)19-14/h5-6,8H,4,7,16H2,1-3H3. The second kappa shape index (κ2) is 4.32. The molecule has 1 aliphatic carbocycles. The maximum atomic E-state index is 6.16. The van der Waals surface area contributed by atoms with Crippen LogP contribution in [0.25, 0.3) is 11.3 Å². The first-order valence-corrected chi connectivity index (χ1v) is 7.27. The van der Waals surface area contributed by atoms with Crippen molar-refractivity contribution in [2.45, 2.75) is 32.2 Å². The predicted molar refractivity (Wildman–Crippen MR) is 78.7 cm³/mol. The van der Waals surface area contributed by atoms with Gasteiger partial charge in [-0.05, 0) is 50.5 Å². The normalized spacial score (nSPS) is 13.9. The molecule has 0 atom stereocenters. The summed E-state index contributed by atoms with van der Waals surface area (Å²) in [7, 11) is 1.70. The number of methoxy groups -OCH3 is 1. The fourth-order valence-electron chi connectivity index (χ4n) is 2.39. The summed E-state index contributed by atoms with van der Waals surface area (Å²) in [5.41, 5.74) is 9.46. The van der Waals surface area contributed by atoms with E-state index in [-0.39, 0.29) is 5.54 Å². The molecule has 2 aromatic rings. The molecule has 0 amide bonds. The monoisotopic (exact) mass is 274 g/mol. The molecule has 0 unspecified atom stereocenters. The van der Waals surface area contributed by atoms with Crippen molar-refractivity contribution in [2.24, 2.45) is 5.73 Å². The van der Waals surface area contributed by atoms with Crippen LogP contribution in [0.1, 0.15) is 29.3 Å². The van der Waals surface area contributed by atoms with E-state index >= 15 is 0 Å². The number of aromatic nitrogens is 1. The summed E-state index contributed by atoms with van der Waals surface area (Å²) >= 11 is 1.75. The number of benzene rings is 1. The Morgan fingerprint density at radius 1 is 1.32 bits per heavy atom. The van der Waals surface area contributed by atoms with Gasteiger partial charge in [0.2, 0.25) is 0 Å². The Kier molecular flexibility index (Phi) is 2.87. The average molecular weight is 274 g/mol. The zero-order valence-electron chi connectivity index (χ0n) is 11.5. The quantitative estimate of drug-likeness (QED) is 0.915. The number of rotatable bonds is 2. The van der Waals surface area contributed by atoms with Crippen LogP contribution in [-0.4, -0.2) is 12.1 Å². The number of fused-ring (bicyclic) bond motifs is 3. The molecule has 100 valence electrons. The van der Waals surface area contributed by atoms with Crippen LogP contribution in [0, 0.1) is 0 Å². The summed E-state index contributed by atoms with van der Waals surface area (Å²) in [5.74, 6) is 0.914. The topological polar surface area (TPSA) is 48.1 Å². The Bertz CT molecular complexity index is 626. The number of ether oxygens (including phenoxy) is 1. The lowest BCUT2D eigenvalue weighted by atomic mass is 9.93. The SMILES string of the molecule is COc1ccc2c(c1)CCc1sc(C(C)(C)N)nc1-2. The molecule has 1 heterocycles. The Balaban J connectivity index is 2.11. The number of hydrogen-bond acceptors (Lipinski definition) is 4. The Labute approximate surface area is 117 Å². The molecule has 0 radical (unpaired) electrons. The minimum absolute atomic E-state index is 0.366. The molecule has 1 aromatic carbocycles. The fraction of sp³-hybridized carbons (Fsp3) is 0.400. The van der Waals surface area contributed by atoms with Gasteiger partial charge in [-0.2, -0.15) is 0 Å². The van der Waals surface area contributed by atoms with E-state index in [0.29, 0.717) is 0 Å². The lowest BCUT2D eigenvalue weighted by molar-refractivity contribution is 0.414. The fourth-order valence-corrected chi connectivity index (χ4v) is 3.48. The minimum Gasteiger partial charge on any atom is -0.497 e. The number of aryl methyl sites for hydroxylation is 2. The van der Waals surface area contributed by atoms with Gasteiger partial charge in [0, 0.05) is 10.4 Å². The van der Waals surface area contributed by atoms with Crippen molar-refractivity contribution in [1.82, 2.24) is 4.98 Å². The van der Waals surface area contributed by atoms with E-state index in [1.165, 1.54) is 16.0 Å². The summed E-state index contributed by atoms with van der Waals surface area (Å²) < 4.78 is 5.29. The summed E-state index contributed by atoms with van der Waals surface area (Å²) in [6, 6.07) is 6.23. The van der Waals surface area contributed by atoms with Gasteiger partial charge >= 0.3 is 0 Å². The lowest BCUT2D eigenvalue weighted by Crippen LogP contribution is -2.28. The first kappa shape index (κ1) is 12.6. The van der Waals surface area contributed by atoms with Crippen LogP contribution in [-0.2, 0) is 18.4 Å². The molecule has 0 saturated carbocycles. The highest BCUT2D eigenvalue weighted by Crippen LogP contribution is 2.39. The Hall–Kier alpha value is -1.39. The van der Waals surface area contributed by atoms with Gasteiger partial charge in [-0.15, -0.1) is 11.3 Å². The summed E-state index contributed by atoms with van der Waals surface area (Å²) in [6.07, 6.45) is 2.09. The molecule has 3 nitrogen and oxygen atoms in total. The van der Waals surface area contributed by atoms with E-state index in [9.17, 15) is 0 Å². The van der Waals surface area contributed by atoms with Gasteiger partial charge in [0.05, 0.1) is 18.3 Å². The van der Waals surface area contributed by atoms with Gasteiger partial charge in [-0.3, -0.25) is 0 Å². The van der Waals surface area contributed by atoms with E-state index in [4.69, 9.17) is 15.5 Å². The molecule has 3 rings (SSSR count). The van der Waals surface area contributed by atoms with E-state index < -0.39 is 0 Å². The third-order valence-corrected chi connectivity index (χ3v) is 4.89. The second-order valence-corrected chi connectivity index (χ2v) is 6.62. The van der Waals surface area contributed by atoms with Crippen LogP contribution in [0.3, 0.4) is 0 Å². The van der Waals surface area contributed by atoms with Crippen molar-refractivity contribution in [3.05, 3.63) is 33.6 Å². The first-order chi connectivity index (χ1) is 8.99. The van der Waals surface area contributed by atoms with Crippen LogP contribution in [0.5, 0.6) is 5.75 Å². The minimum atomic E-state index is -0.366. The smallest absolute Gasteiger partial charge is 0.119 e. The maximum absolute atomic E-state index is 6.16. The summed E-state index contributed by atoms with van der Waals surface area (Å²) in [4.78, 5) is 6.12. The van der Waals surface area contributed by atoms with Gasteiger partial charge in [0.25, 0.3) is 0 Å². The Morgan fingerprint density at radius 2 is 2.11 bits per heavy atom. The number of nitrogens with two attached hydrogens (primary N) is 1. The van der Waals surface area contributed by atoms with Crippen LogP contribution >= 0.6 is 11.3 Å². The molecule has 0 fully saturated rings. The largest absolute Gasteiger partial charge is 0.497 e. The van der Waals surface area contributed by atoms with Crippen molar-refractivity contribution in [3.63, 3.8) is 0 Å². The molecule has 4 heteroatoms. The molecule has 19 heavy (non-hydrogen) atoms. The molecular formula is C15H18N2OS. The summed E-state index contributed by atoms with van der Waals surface area (Å²) in [6.45, 7) is 4.01. The highest BCUT2D eigenvalue weighted by Gasteiger charge is 2.26. The van der Waals surface area contributed by atoms with E-state index in [1.807, 2.05) is 19.9 Å². The van der Waals surface area contributed by atoms with Gasteiger partial charge in [-0.1, -0.05) is 0 Å². The van der Waals surface area contributed by atoms with Crippen molar-refractivity contribution in [2.75, 3.05) is 7.11 Å². The molecule has 0 spiro atoms. The van der Waals surface area contributed by atoms with Crippen LogP contribution < -0.4 is 10.5 Å². The highest BCUT2D eigenvalue weighted by atomic mass is 32.1. The highest BCUT2D eigenvalue weighted by molar-refractivity contribution is 7.12. The Morgan fingerprint density at radius 3 is 2.79 bits per heavy atom. The van der Waals surface area contributed by atoms with Crippen molar-refractivity contribution in [1.29, 1.82) is 0 Å². The number of thiazole rings is 1. The molecular weight excluding hydrogens is 256 g/mol. The van der Waals surface area contributed by atoms with Crippen molar-refractivity contribution >= 4 is 11.3 Å². The van der Waals surface area contributed by atoms with E-state index in [2.05, 4.69) is 12.1 Å². The zero-order valence-corrected chi connectivity index (χ0v) is 12.3. The van der Waals surface area contributed by atoms with Crippen LogP contribution in [0.4, 0.5) is 0 Å². The molecule has 1 aliphatic rings. The molecule has 0 bridgehead atoms. The number of hydrogen-bond donors (Lipinski definition) is 1. The van der Waals surface area contributed by atoms with Crippen LogP contribution in [0.15, 0.2) is 18.2 Å². The van der Waals surface area contributed by atoms with Gasteiger partial charge in [-0.25, -0.2) is 4.98 Å². The van der Waals surface area contributed by atoms with Crippen LogP contribution in [0.2, 0.25) is 0 Å². The summed E-state index contributed by atoms with van der Waals surface area (Å²) in [5, 5.41) is 1.01. The second-order valence-electron chi connectivity index (χ2n) is 5.54. The molecule has 2 N–H and O–H groups in total. The van der Waals surface area contributed by atoms with Gasteiger partial charge < -0.3 is 10.5 Å². The predicted octanol–water partition coefficient (Wildman–Crippen LogP) is 3.11. The van der Waals surface area contributed by atoms with Crippen molar-refractivity contribution in [3.8, 4) is 17.0 Å².